The molecule has 0 aromatic heterocycles. The van der Waals surface area contributed by atoms with Gasteiger partial charge in [0.2, 0.25) is 5.69 Å². The van der Waals surface area contributed by atoms with Crippen molar-refractivity contribution in [1.82, 2.24) is 0 Å². The van der Waals surface area contributed by atoms with Crippen molar-refractivity contribution in [1.29, 1.82) is 0 Å². The van der Waals surface area contributed by atoms with Crippen LogP contribution in [0.2, 0.25) is 0 Å². The maximum Gasteiger partial charge on any atom is 0.276 e. The van der Waals surface area contributed by atoms with Crippen molar-refractivity contribution < 1.29 is 14.8 Å². The van der Waals surface area contributed by atoms with Crippen LogP contribution in [0.1, 0.15) is 0 Å². The Kier molecular flexibility index (Phi) is 5.13. The highest BCUT2D eigenvalue weighted by molar-refractivity contribution is 5.67. The molecule has 0 heterocycles. The minimum atomic E-state index is -0.467. The number of nitro benzene ring substituents is 2. The molecule has 116 valence electrons. The lowest BCUT2D eigenvalue weighted by molar-refractivity contribution is -0.387. The van der Waals surface area contributed by atoms with Crippen molar-refractivity contribution in [3.63, 3.8) is 0 Å². The smallest absolute Gasteiger partial charge is 0.276 e. The SMILES string of the molecule is O=[N+]([O-])c1cccc(NC=CC=[NH+]c2cccc([N+](=O)[O-])c2)c1. The normalized spacial score (nSPS) is 11.0. The van der Waals surface area contributed by atoms with E-state index in [4.69, 9.17) is 0 Å². The summed E-state index contributed by atoms with van der Waals surface area (Å²) in [6, 6.07) is 12.2. The van der Waals surface area contributed by atoms with Gasteiger partial charge in [-0.05, 0) is 12.1 Å². The van der Waals surface area contributed by atoms with E-state index >= 15 is 0 Å². The molecule has 0 spiro atoms. The highest BCUT2D eigenvalue weighted by atomic mass is 16.6. The second-order valence-corrected chi connectivity index (χ2v) is 4.43. The summed E-state index contributed by atoms with van der Waals surface area (Å²) >= 11 is 0. The molecule has 0 atom stereocenters. The van der Waals surface area contributed by atoms with Gasteiger partial charge in [0, 0.05) is 42.2 Å². The molecule has 8 nitrogen and oxygen atoms in total. The van der Waals surface area contributed by atoms with Crippen LogP contribution in [-0.4, -0.2) is 16.1 Å². The zero-order chi connectivity index (χ0) is 16.7. The monoisotopic (exact) mass is 313 g/mol. The molecule has 0 unspecified atom stereocenters. The Bertz CT molecular complexity index is 787. The second kappa shape index (κ2) is 7.46. The van der Waals surface area contributed by atoms with Gasteiger partial charge in [-0.25, -0.2) is 4.99 Å². The van der Waals surface area contributed by atoms with Crippen LogP contribution in [0.4, 0.5) is 22.7 Å². The van der Waals surface area contributed by atoms with E-state index in [2.05, 4.69) is 10.3 Å². The molecule has 23 heavy (non-hydrogen) atoms. The second-order valence-electron chi connectivity index (χ2n) is 4.43. The van der Waals surface area contributed by atoms with Crippen molar-refractivity contribution >= 4 is 29.0 Å². The average molecular weight is 313 g/mol. The molecule has 0 fully saturated rings. The molecule has 0 saturated carbocycles. The number of nitrogens with one attached hydrogen (secondary N) is 2. The van der Waals surface area contributed by atoms with E-state index in [1.165, 1.54) is 24.3 Å². The van der Waals surface area contributed by atoms with Gasteiger partial charge in [0.25, 0.3) is 11.4 Å². The van der Waals surface area contributed by atoms with Gasteiger partial charge in [0.05, 0.1) is 15.9 Å². The summed E-state index contributed by atoms with van der Waals surface area (Å²) in [6.07, 6.45) is 4.81. The minimum absolute atomic E-state index is 0.00194. The molecule has 0 aliphatic carbocycles. The lowest BCUT2D eigenvalue weighted by Gasteiger charge is -1.98. The molecular weight excluding hydrogens is 300 g/mol. The topological polar surface area (TPSA) is 112 Å². The van der Waals surface area contributed by atoms with Gasteiger partial charge in [-0.2, -0.15) is 0 Å². The number of hydrogen-bond acceptors (Lipinski definition) is 5. The highest BCUT2D eigenvalue weighted by Gasteiger charge is 2.07. The minimum Gasteiger partial charge on any atom is -0.361 e. The maximum atomic E-state index is 10.7. The predicted molar refractivity (Wildman–Crippen MR) is 85.6 cm³/mol. The van der Waals surface area contributed by atoms with Crippen LogP contribution in [0.25, 0.3) is 0 Å². The number of nitrogens with zero attached hydrogens (tertiary/aromatic N) is 2. The van der Waals surface area contributed by atoms with Gasteiger partial charge in [0.15, 0.2) is 6.21 Å². The first kappa shape index (κ1) is 15.8. The number of non-ortho nitro benzene ring substituents is 2. The highest BCUT2D eigenvalue weighted by Crippen LogP contribution is 2.16. The van der Waals surface area contributed by atoms with E-state index in [-0.39, 0.29) is 11.4 Å². The Morgan fingerprint density at radius 3 is 2.30 bits per heavy atom. The van der Waals surface area contributed by atoms with Crippen molar-refractivity contribution in [3.8, 4) is 0 Å². The number of rotatable bonds is 6. The van der Waals surface area contributed by atoms with Gasteiger partial charge in [0.1, 0.15) is 0 Å². The summed E-state index contributed by atoms with van der Waals surface area (Å²) in [4.78, 5) is 23.3. The molecule has 2 aromatic carbocycles. The van der Waals surface area contributed by atoms with Gasteiger partial charge < -0.3 is 5.32 Å². The summed E-state index contributed by atoms with van der Waals surface area (Å²) in [6.45, 7) is 0. The number of nitro groups is 2. The van der Waals surface area contributed by atoms with E-state index in [0.29, 0.717) is 11.4 Å². The van der Waals surface area contributed by atoms with Crippen LogP contribution >= 0.6 is 0 Å². The molecule has 2 rings (SSSR count). The first-order chi connectivity index (χ1) is 11.1. The summed E-state index contributed by atoms with van der Waals surface area (Å²) in [5, 5.41) is 24.2. The lowest BCUT2D eigenvalue weighted by Crippen LogP contribution is -2.60. The molecule has 0 bridgehead atoms. The molecule has 0 saturated heterocycles. The Hall–Kier alpha value is -3.55. The van der Waals surface area contributed by atoms with Crippen LogP contribution < -0.4 is 10.3 Å². The van der Waals surface area contributed by atoms with Crippen LogP contribution in [-0.2, 0) is 0 Å². The number of anilines is 1. The van der Waals surface area contributed by atoms with Crippen molar-refractivity contribution in [2.24, 2.45) is 0 Å². The summed E-state index contributed by atoms with van der Waals surface area (Å²) < 4.78 is 0. The summed E-state index contributed by atoms with van der Waals surface area (Å²) in [5.74, 6) is 0. The third kappa shape index (κ3) is 4.74. The van der Waals surface area contributed by atoms with E-state index in [1.54, 1.807) is 42.8 Å². The average Bonchev–Trinajstić information content (AvgIpc) is 2.55. The third-order valence-corrected chi connectivity index (χ3v) is 2.81. The quantitative estimate of drug-likeness (QED) is 0.480. The van der Waals surface area contributed by atoms with E-state index < -0.39 is 9.85 Å². The largest absolute Gasteiger partial charge is 0.361 e. The number of benzene rings is 2. The molecule has 2 aromatic rings. The Morgan fingerprint density at radius 1 is 0.957 bits per heavy atom. The first-order valence-corrected chi connectivity index (χ1v) is 6.56. The van der Waals surface area contributed by atoms with E-state index in [1.807, 2.05) is 0 Å². The number of allylic oxidation sites excluding steroid dienone is 1. The molecule has 0 radical (unpaired) electrons. The van der Waals surface area contributed by atoms with Crippen molar-refractivity contribution in [2.45, 2.75) is 0 Å². The summed E-state index contributed by atoms with van der Waals surface area (Å²) in [5.41, 5.74) is 1.17. The third-order valence-electron chi connectivity index (χ3n) is 2.81. The lowest BCUT2D eigenvalue weighted by atomic mass is 10.3. The molecule has 0 aliphatic heterocycles. The number of hydrogen-bond donors (Lipinski definition) is 2. The summed E-state index contributed by atoms with van der Waals surface area (Å²) in [7, 11) is 0. The Labute approximate surface area is 131 Å². The maximum absolute atomic E-state index is 10.7. The fourth-order valence-corrected chi connectivity index (χ4v) is 1.76. The molecular formula is C15H13N4O4+. The fraction of sp³-hybridized carbons (Fsp3) is 0. The van der Waals surface area contributed by atoms with Gasteiger partial charge in [-0.1, -0.05) is 6.07 Å². The van der Waals surface area contributed by atoms with Crippen LogP contribution in [0.5, 0.6) is 0 Å². The van der Waals surface area contributed by atoms with Crippen LogP contribution in [0.3, 0.4) is 0 Å². The van der Waals surface area contributed by atoms with Crippen molar-refractivity contribution in [2.75, 3.05) is 5.32 Å². The molecule has 2 N–H and O–H groups in total. The predicted octanol–water partition coefficient (Wildman–Crippen LogP) is 1.91. The fourth-order valence-electron chi connectivity index (χ4n) is 1.76. The van der Waals surface area contributed by atoms with E-state index in [9.17, 15) is 20.2 Å². The zero-order valence-electron chi connectivity index (χ0n) is 11.9. The Balaban J connectivity index is 1.96. The zero-order valence-corrected chi connectivity index (χ0v) is 11.9. The molecule has 0 amide bonds. The van der Waals surface area contributed by atoms with Crippen LogP contribution in [0.15, 0.2) is 60.8 Å². The Morgan fingerprint density at radius 2 is 1.61 bits per heavy atom. The van der Waals surface area contributed by atoms with E-state index in [0.717, 1.165) is 0 Å². The molecule has 0 aliphatic rings. The van der Waals surface area contributed by atoms with Gasteiger partial charge in [-0.3, -0.25) is 20.2 Å². The molecule has 8 heteroatoms. The van der Waals surface area contributed by atoms with Crippen LogP contribution in [0, 0.1) is 20.2 Å². The first-order valence-electron chi connectivity index (χ1n) is 6.56. The van der Waals surface area contributed by atoms with Gasteiger partial charge >= 0.3 is 0 Å². The van der Waals surface area contributed by atoms with Crippen molar-refractivity contribution in [3.05, 3.63) is 81.0 Å². The van der Waals surface area contributed by atoms with Gasteiger partial charge in [-0.15, -0.1) is 0 Å². The standard InChI is InChI=1S/C15H12N4O4/c20-18(21)14-6-1-4-12(10-14)16-8-3-9-17-13-5-2-7-15(11-13)19(22)23/h1-11,16H/p+1.